The number of nitrogens with zero attached hydrogens (tertiary/aromatic N) is 2. The molecule has 104 valence electrons. The zero-order valence-corrected chi connectivity index (χ0v) is 12.6. The lowest BCUT2D eigenvalue weighted by atomic mass is 10.1. The number of nitrogens with one attached hydrogen (secondary N) is 1. The van der Waals surface area contributed by atoms with E-state index in [1.165, 1.54) is 36.2 Å². The lowest BCUT2D eigenvalue weighted by molar-refractivity contribution is 0.545. The lowest BCUT2D eigenvalue weighted by Gasteiger charge is -2.08. The maximum Gasteiger partial charge on any atom is 0.0669 e. The molecule has 0 saturated heterocycles. The van der Waals surface area contributed by atoms with Crippen molar-refractivity contribution in [1.82, 2.24) is 15.1 Å². The van der Waals surface area contributed by atoms with Gasteiger partial charge < -0.3 is 5.32 Å². The highest BCUT2D eigenvalue weighted by Crippen LogP contribution is 2.17. The maximum atomic E-state index is 4.79. The van der Waals surface area contributed by atoms with Gasteiger partial charge in [0.2, 0.25) is 0 Å². The quantitative estimate of drug-likeness (QED) is 0.682. The highest BCUT2D eigenvalue weighted by atomic mass is 15.3. The molecular formula is C15H29N3. The van der Waals surface area contributed by atoms with Crippen molar-refractivity contribution in [3.63, 3.8) is 0 Å². The Bertz CT molecular complexity index is 342. The molecule has 0 saturated carbocycles. The molecule has 0 bridgehead atoms. The summed E-state index contributed by atoms with van der Waals surface area (Å²) in [5.74, 6) is 0. The largest absolute Gasteiger partial charge is 0.313 e. The standard InChI is InChI=1S/C15H29N3/c1-5-9-11-18-15(8-4)13(12-16-10-6-2)14(7-3)17-18/h16H,5-12H2,1-4H3. The van der Waals surface area contributed by atoms with Crippen LogP contribution in [0.1, 0.15) is 63.9 Å². The Morgan fingerprint density at radius 2 is 1.83 bits per heavy atom. The fourth-order valence-electron chi connectivity index (χ4n) is 2.36. The van der Waals surface area contributed by atoms with Crippen molar-refractivity contribution >= 4 is 0 Å². The maximum absolute atomic E-state index is 4.79. The summed E-state index contributed by atoms with van der Waals surface area (Å²) >= 11 is 0. The minimum atomic E-state index is 0.978. The second kappa shape index (κ2) is 8.30. The van der Waals surface area contributed by atoms with Gasteiger partial charge in [0.1, 0.15) is 0 Å². The van der Waals surface area contributed by atoms with Gasteiger partial charge in [0.15, 0.2) is 0 Å². The first kappa shape index (κ1) is 15.2. The lowest BCUT2D eigenvalue weighted by Crippen LogP contribution is -2.16. The van der Waals surface area contributed by atoms with Crippen LogP contribution in [0.3, 0.4) is 0 Å². The van der Waals surface area contributed by atoms with E-state index in [9.17, 15) is 0 Å². The Balaban J connectivity index is 2.86. The molecule has 0 spiro atoms. The third kappa shape index (κ3) is 3.84. The van der Waals surface area contributed by atoms with Crippen molar-refractivity contribution in [2.24, 2.45) is 0 Å². The van der Waals surface area contributed by atoms with Crippen molar-refractivity contribution in [2.75, 3.05) is 6.54 Å². The first-order valence-corrected chi connectivity index (χ1v) is 7.56. The molecule has 0 aliphatic heterocycles. The summed E-state index contributed by atoms with van der Waals surface area (Å²) in [6.07, 6.45) is 5.76. The van der Waals surface area contributed by atoms with E-state index in [0.29, 0.717) is 0 Å². The number of aryl methyl sites for hydroxylation is 2. The fourth-order valence-corrected chi connectivity index (χ4v) is 2.36. The van der Waals surface area contributed by atoms with Crippen molar-refractivity contribution in [3.05, 3.63) is 17.0 Å². The zero-order chi connectivity index (χ0) is 13.4. The monoisotopic (exact) mass is 251 g/mol. The van der Waals surface area contributed by atoms with E-state index in [1.807, 2.05) is 0 Å². The number of unbranched alkanes of at least 4 members (excludes halogenated alkanes) is 1. The van der Waals surface area contributed by atoms with Crippen molar-refractivity contribution in [2.45, 2.75) is 72.9 Å². The molecule has 0 unspecified atom stereocenters. The van der Waals surface area contributed by atoms with Crippen molar-refractivity contribution < 1.29 is 0 Å². The van der Waals surface area contributed by atoms with E-state index in [2.05, 4.69) is 37.7 Å². The molecule has 3 heteroatoms. The van der Waals surface area contributed by atoms with Gasteiger partial charge in [0.25, 0.3) is 0 Å². The van der Waals surface area contributed by atoms with E-state index < -0.39 is 0 Å². The smallest absolute Gasteiger partial charge is 0.0669 e. The summed E-state index contributed by atoms with van der Waals surface area (Å²) in [4.78, 5) is 0. The summed E-state index contributed by atoms with van der Waals surface area (Å²) in [6.45, 7) is 12.0. The fraction of sp³-hybridized carbons (Fsp3) is 0.800. The van der Waals surface area contributed by atoms with Gasteiger partial charge in [-0.3, -0.25) is 4.68 Å². The second-order valence-electron chi connectivity index (χ2n) is 4.83. The van der Waals surface area contributed by atoms with Crippen molar-refractivity contribution in [1.29, 1.82) is 0 Å². The van der Waals surface area contributed by atoms with Gasteiger partial charge in [-0.05, 0) is 32.2 Å². The van der Waals surface area contributed by atoms with E-state index in [-0.39, 0.29) is 0 Å². The van der Waals surface area contributed by atoms with Crippen LogP contribution < -0.4 is 5.32 Å². The van der Waals surface area contributed by atoms with Crippen LogP contribution in [0.2, 0.25) is 0 Å². The topological polar surface area (TPSA) is 29.9 Å². The van der Waals surface area contributed by atoms with Gasteiger partial charge in [-0.25, -0.2) is 0 Å². The molecule has 1 heterocycles. The Kier molecular flexibility index (Phi) is 7.02. The SMILES string of the molecule is CCCCn1nc(CC)c(CNCCC)c1CC. The van der Waals surface area contributed by atoms with E-state index >= 15 is 0 Å². The second-order valence-corrected chi connectivity index (χ2v) is 4.83. The Morgan fingerprint density at radius 1 is 1.06 bits per heavy atom. The summed E-state index contributed by atoms with van der Waals surface area (Å²) in [6, 6.07) is 0. The molecule has 1 rings (SSSR count). The first-order chi connectivity index (χ1) is 8.78. The van der Waals surface area contributed by atoms with E-state index in [0.717, 1.165) is 32.5 Å². The number of aromatic nitrogens is 2. The molecule has 1 aromatic heterocycles. The van der Waals surface area contributed by atoms with Gasteiger partial charge in [-0.2, -0.15) is 5.10 Å². The molecular weight excluding hydrogens is 222 g/mol. The Morgan fingerprint density at radius 3 is 2.39 bits per heavy atom. The molecule has 0 aliphatic rings. The Labute approximate surface area is 112 Å². The summed E-state index contributed by atoms with van der Waals surface area (Å²) < 4.78 is 2.24. The predicted molar refractivity (Wildman–Crippen MR) is 77.9 cm³/mol. The van der Waals surface area contributed by atoms with Gasteiger partial charge in [-0.1, -0.05) is 34.1 Å². The van der Waals surface area contributed by atoms with Crippen LogP contribution in [0, 0.1) is 0 Å². The van der Waals surface area contributed by atoms with E-state index in [1.54, 1.807) is 0 Å². The average molecular weight is 251 g/mol. The molecule has 0 atom stereocenters. The van der Waals surface area contributed by atoms with Gasteiger partial charge in [0, 0.05) is 24.3 Å². The van der Waals surface area contributed by atoms with Crippen LogP contribution in [0.4, 0.5) is 0 Å². The van der Waals surface area contributed by atoms with Gasteiger partial charge in [0.05, 0.1) is 5.69 Å². The summed E-state index contributed by atoms with van der Waals surface area (Å²) in [5, 5.41) is 8.31. The minimum Gasteiger partial charge on any atom is -0.313 e. The molecule has 0 radical (unpaired) electrons. The molecule has 1 N–H and O–H groups in total. The molecule has 1 aromatic rings. The number of hydrogen-bond donors (Lipinski definition) is 1. The first-order valence-electron chi connectivity index (χ1n) is 7.56. The average Bonchev–Trinajstić information content (AvgIpc) is 2.73. The van der Waals surface area contributed by atoms with Crippen LogP contribution >= 0.6 is 0 Å². The van der Waals surface area contributed by atoms with Crippen LogP contribution in [0.25, 0.3) is 0 Å². The number of hydrogen-bond acceptors (Lipinski definition) is 2. The summed E-state index contributed by atoms with van der Waals surface area (Å²) in [7, 11) is 0. The van der Waals surface area contributed by atoms with Gasteiger partial charge in [-0.15, -0.1) is 0 Å². The molecule has 0 fully saturated rings. The highest BCUT2D eigenvalue weighted by Gasteiger charge is 2.14. The molecule has 18 heavy (non-hydrogen) atoms. The van der Waals surface area contributed by atoms with Crippen molar-refractivity contribution in [3.8, 4) is 0 Å². The Hall–Kier alpha value is -0.830. The highest BCUT2D eigenvalue weighted by molar-refractivity contribution is 5.26. The van der Waals surface area contributed by atoms with Crippen LogP contribution in [0.15, 0.2) is 0 Å². The molecule has 0 aromatic carbocycles. The normalized spacial score (nSPS) is 11.1. The molecule has 0 aliphatic carbocycles. The third-order valence-corrected chi connectivity index (χ3v) is 3.37. The third-order valence-electron chi connectivity index (χ3n) is 3.37. The van der Waals surface area contributed by atoms with Gasteiger partial charge >= 0.3 is 0 Å². The van der Waals surface area contributed by atoms with E-state index in [4.69, 9.17) is 5.10 Å². The number of rotatable bonds is 9. The zero-order valence-electron chi connectivity index (χ0n) is 12.6. The molecule has 0 amide bonds. The predicted octanol–water partition coefficient (Wildman–Crippen LogP) is 3.31. The van der Waals surface area contributed by atoms with Crippen LogP contribution in [-0.2, 0) is 25.9 Å². The van der Waals surface area contributed by atoms with Crippen LogP contribution in [-0.4, -0.2) is 16.3 Å². The minimum absolute atomic E-state index is 0.978. The molecule has 3 nitrogen and oxygen atoms in total. The summed E-state index contributed by atoms with van der Waals surface area (Å²) in [5.41, 5.74) is 4.17. The van der Waals surface area contributed by atoms with Crippen LogP contribution in [0.5, 0.6) is 0 Å².